The van der Waals surface area contributed by atoms with Crippen molar-refractivity contribution in [3.63, 3.8) is 0 Å². The van der Waals surface area contributed by atoms with Crippen molar-refractivity contribution in [2.75, 3.05) is 6.61 Å². The van der Waals surface area contributed by atoms with Crippen LogP contribution in [0.5, 0.6) is 0 Å². The summed E-state index contributed by atoms with van der Waals surface area (Å²) in [7, 11) is 0. The molecule has 0 spiro atoms. The van der Waals surface area contributed by atoms with Crippen molar-refractivity contribution in [1.82, 2.24) is 0 Å². The van der Waals surface area contributed by atoms with Crippen LogP contribution in [0.2, 0.25) is 0 Å². The molecule has 0 saturated carbocycles. The van der Waals surface area contributed by atoms with Crippen LogP contribution in [-0.2, 0) is 9.53 Å². The van der Waals surface area contributed by atoms with Crippen LogP contribution in [-0.4, -0.2) is 12.6 Å². The molecule has 0 atom stereocenters. The van der Waals surface area contributed by atoms with Crippen LogP contribution in [0, 0.1) is 0 Å². The third-order valence-corrected chi connectivity index (χ3v) is 3.04. The predicted molar refractivity (Wildman–Crippen MR) is 88.9 cm³/mol. The van der Waals surface area contributed by atoms with Crippen molar-refractivity contribution in [3.8, 4) is 0 Å². The first kappa shape index (κ1) is 17.0. The molecule has 0 radical (unpaired) electrons. The van der Waals surface area contributed by atoms with Crippen LogP contribution < -0.4 is 0 Å². The Bertz CT molecular complexity index is 571. The van der Waals surface area contributed by atoms with E-state index in [0.29, 0.717) is 12.2 Å². The summed E-state index contributed by atoms with van der Waals surface area (Å²) in [5.41, 5.74) is 5.25. The average Bonchev–Trinajstić information content (AvgIpc) is 2.45. The molecule has 0 aliphatic rings. The second-order valence-electron chi connectivity index (χ2n) is 5.22. The van der Waals surface area contributed by atoms with Crippen LogP contribution in [0.3, 0.4) is 0 Å². The average molecular weight is 284 g/mol. The summed E-state index contributed by atoms with van der Waals surface area (Å²) in [6.07, 6.45) is 3.97. The fourth-order valence-corrected chi connectivity index (χ4v) is 2.05. The Morgan fingerprint density at radius 1 is 1.05 bits per heavy atom. The quantitative estimate of drug-likeness (QED) is 0.435. The molecule has 0 bridgehead atoms. The number of benzene rings is 1. The highest BCUT2D eigenvalue weighted by molar-refractivity contribution is 5.88. The Balaban J connectivity index is 3.06. The highest BCUT2D eigenvalue weighted by atomic mass is 16.5. The predicted octanol–water partition coefficient (Wildman–Crippen LogP) is 4.94. The zero-order valence-corrected chi connectivity index (χ0v) is 13.6. The fraction of sp³-hybridized carbons (Fsp3) is 0.316. The smallest absolute Gasteiger partial charge is 0.333 e. The minimum absolute atomic E-state index is 0.260. The second-order valence-corrected chi connectivity index (χ2v) is 5.22. The highest BCUT2D eigenvalue weighted by Crippen LogP contribution is 2.22. The second kappa shape index (κ2) is 8.25. The monoisotopic (exact) mass is 284 g/mol. The van der Waals surface area contributed by atoms with Gasteiger partial charge in [0.1, 0.15) is 0 Å². The van der Waals surface area contributed by atoms with E-state index in [-0.39, 0.29) is 5.97 Å². The van der Waals surface area contributed by atoms with Gasteiger partial charge in [0.25, 0.3) is 0 Å². The van der Waals surface area contributed by atoms with Gasteiger partial charge in [-0.3, -0.25) is 0 Å². The van der Waals surface area contributed by atoms with Gasteiger partial charge in [0.15, 0.2) is 0 Å². The largest absolute Gasteiger partial charge is 0.463 e. The zero-order chi connectivity index (χ0) is 15.8. The van der Waals surface area contributed by atoms with E-state index in [1.807, 2.05) is 38.1 Å². The van der Waals surface area contributed by atoms with E-state index in [4.69, 9.17) is 4.74 Å². The zero-order valence-electron chi connectivity index (χ0n) is 13.6. The molecule has 112 valence electrons. The number of hydrogen-bond donors (Lipinski definition) is 0. The van der Waals surface area contributed by atoms with E-state index in [1.165, 1.54) is 16.7 Å². The lowest BCUT2D eigenvalue weighted by atomic mass is 9.98. The number of allylic oxidation sites excluding steroid dienone is 5. The van der Waals surface area contributed by atoms with Crippen LogP contribution in [0.25, 0.3) is 5.57 Å². The number of carbonyl (C=O) groups is 1. The summed E-state index contributed by atoms with van der Waals surface area (Å²) in [4.78, 5) is 11.6. The lowest BCUT2D eigenvalue weighted by molar-refractivity contribution is -0.138. The molecule has 0 aliphatic heterocycles. The Kier molecular flexibility index (Phi) is 6.67. The van der Waals surface area contributed by atoms with Crippen molar-refractivity contribution in [2.45, 2.75) is 34.6 Å². The summed E-state index contributed by atoms with van der Waals surface area (Å²) in [6, 6.07) is 10.2. The molecule has 0 amide bonds. The van der Waals surface area contributed by atoms with Crippen LogP contribution >= 0.6 is 0 Å². The maximum absolute atomic E-state index is 11.6. The fourth-order valence-electron chi connectivity index (χ4n) is 2.05. The number of rotatable bonds is 5. The van der Waals surface area contributed by atoms with E-state index >= 15 is 0 Å². The van der Waals surface area contributed by atoms with E-state index in [0.717, 1.165) is 5.57 Å². The minimum atomic E-state index is -0.260. The van der Waals surface area contributed by atoms with Gasteiger partial charge < -0.3 is 4.74 Å². The van der Waals surface area contributed by atoms with Crippen molar-refractivity contribution in [2.24, 2.45) is 0 Å². The summed E-state index contributed by atoms with van der Waals surface area (Å²) in [5.74, 6) is -0.260. The highest BCUT2D eigenvalue weighted by Gasteiger charge is 2.05. The molecule has 1 aromatic rings. The molecule has 0 aliphatic carbocycles. The summed E-state index contributed by atoms with van der Waals surface area (Å²) >= 11 is 0. The maximum Gasteiger partial charge on any atom is 0.333 e. The summed E-state index contributed by atoms with van der Waals surface area (Å²) in [6.45, 7) is 10.2. The minimum Gasteiger partial charge on any atom is -0.463 e. The van der Waals surface area contributed by atoms with Gasteiger partial charge >= 0.3 is 5.97 Å². The van der Waals surface area contributed by atoms with E-state index < -0.39 is 0 Å². The maximum atomic E-state index is 11.6. The van der Waals surface area contributed by atoms with Gasteiger partial charge in [-0.2, -0.15) is 0 Å². The molecule has 0 aromatic heterocycles. The van der Waals surface area contributed by atoms with Crippen molar-refractivity contribution in [1.29, 1.82) is 0 Å². The molecule has 0 saturated heterocycles. The van der Waals surface area contributed by atoms with E-state index in [1.54, 1.807) is 6.92 Å². The molecule has 21 heavy (non-hydrogen) atoms. The molecule has 0 unspecified atom stereocenters. The standard InChI is InChI=1S/C19H24O2/c1-6-21-19(20)16(5)12-15(4)13-18(14(2)3)17-10-8-7-9-11-17/h7-13H,6H2,1-5H3/b15-13+,16-12+. The lowest BCUT2D eigenvalue weighted by Gasteiger charge is -2.07. The van der Waals surface area contributed by atoms with Gasteiger partial charge in [-0.15, -0.1) is 0 Å². The van der Waals surface area contributed by atoms with Crippen LogP contribution in [0.1, 0.15) is 40.2 Å². The lowest BCUT2D eigenvalue weighted by Crippen LogP contribution is -2.05. The van der Waals surface area contributed by atoms with Crippen LogP contribution in [0.4, 0.5) is 0 Å². The van der Waals surface area contributed by atoms with Crippen molar-refractivity contribution < 1.29 is 9.53 Å². The molecular formula is C19H24O2. The normalized spacial score (nSPS) is 12.0. The van der Waals surface area contributed by atoms with Crippen molar-refractivity contribution >= 4 is 11.5 Å². The molecule has 0 N–H and O–H groups in total. The molecule has 1 rings (SSSR count). The first-order valence-electron chi connectivity index (χ1n) is 7.22. The van der Waals surface area contributed by atoms with Crippen LogP contribution in [0.15, 0.2) is 59.2 Å². The van der Waals surface area contributed by atoms with Crippen molar-refractivity contribution in [3.05, 3.63) is 64.8 Å². The number of carbonyl (C=O) groups excluding carboxylic acids is 1. The van der Waals surface area contributed by atoms with E-state index in [2.05, 4.69) is 32.1 Å². The molecule has 1 aromatic carbocycles. The Morgan fingerprint density at radius 3 is 2.19 bits per heavy atom. The summed E-state index contributed by atoms with van der Waals surface area (Å²) in [5, 5.41) is 0. The topological polar surface area (TPSA) is 26.3 Å². The molecule has 0 heterocycles. The first-order valence-corrected chi connectivity index (χ1v) is 7.22. The number of hydrogen-bond acceptors (Lipinski definition) is 2. The third-order valence-electron chi connectivity index (χ3n) is 3.04. The van der Waals surface area contributed by atoms with Gasteiger partial charge in [-0.05, 0) is 57.4 Å². The Labute approximate surface area is 127 Å². The molecule has 0 fully saturated rings. The number of ether oxygens (including phenoxy) is 1. The SMILES string of the molecule is CCOC(=O)/C(C)=C/C(C)=C/C(=C(C)C)c1ccccc1. The van der Waals surface area contributed by atoms with Gasteiger partial charge in [0.05, 0.1) is 6.61 Å². The molecular weight excluding hydrogens is 260 g/mol. The number of esters is 1. The van der Waals surface area contributed by atoms with E-state index in [9.17, 15) is 4.79 Å². The Morgan fingerprint density at radius 2 is 1.67 bits per heavy atom. The van der Waals surface area contributed by atoms with Gasteiger partial charge in [0.2, 0.25) is 0 Å². The van der Waals surface area contributed by atoms with Gasteiger partial charge in [-0.25, -0.2) is 4.79 Å². The van der Waals surface area contributed by atoms with Gasteiger partial charge in [0, 0.05) is 5.57 Å². The summed E-state index contributed by atoms with van der Waals surface area (Å²) < 4.78 is 5.00. The third kappa shape index (κ3) is 5.42. The molecule has 2 nitrogen and oxygen atoms in total. The Hall–Kier alpha value is -2.09. The first-order chi connectivity index (χ1) is 9.95. The van der Waals surface area contributed by atoms with Gasteiger partial charge in [-0.1, -0.05) is 42.0 Å². The molecule has 2 heteroatoms.